The Hall–Kier alpha value is -2.72. The minimum Gasteiger partial charge on any atom is -0.373 e. The van der Waals surface area contributed by atoms with Gasteiger partial charge >= 0.3 is 0 Å². The smallest absolute Gasteiger partial charge is 0.270 e. The molecule has 1 atom stereocenters. The minimum absolute atomic E-state index is 0.0219. The number of nitro groups is 1. The fourth-order valence-electron chi connectivity index (χ4n) is 2.61. The van der Waals surface area contributed by atoms with Crippen molar-refractivity contribution in [1.82, 2.24) is 10.1 Å². The zero-order chi connectivity index (χ0) is 17.6. The van der Waals surface area contributed by atoms with Crippen LogP contribution in [0.25, 0.3) is 10.9 Å². The lowest BCUT2D eigenvalue weighted by Crippen LogP contribution is -2.14. The molecule has 0 bridgehead atoms. The van der Waals surface area contributed by atoms with Crippen LogP contribution in [0.1, 0.15) is 22.5 Å². The van der Waals surface area contributed by atoms with Gasteiger partial charge in [-0.05, 0) is 19.9 Å². The minimum atomic E-state index is -4.20. The lowest BCUT2D eigenvalue weighted by atomic mass is 10.1. The standard InChI is InChI=1S/C14H13N3O6S/c1-7-13(8(2)23-16-7)24(21,22)14(18)11-6-15-12-4-3-9(17(19)20)5-10(11)12/h3-6,14-15,18H,1-2H3. The fourth-order valence-corrected chi connectivity index (χ4v) is 4.25. The van der Waals surface area contributed by atoms with Crippen LogP contribution in [0.3, 0.4) is 0 Å². The number of aliphatic hydroxyl groups is 1. The molecule has 0 spiro atoms. The SMILES string of the molecule is Cc1noc(C)c1S(=O)(=O)C(O)c1c[nH]c2ccc([N+](=O)[O-])cc12. The number of sulfone groups is 1. The van der Waals surface area contributed by atoms with Gasteiger partial charge in [-0.1, -0.05) is 5.16 Å². The summed E-state index contributed by atoms with van der Waals surface area (Å²) in [6.07, 6.45) is 1.31. The number of nitrogens with zero attached hydrogens (tertiary/aromatic N) is 2. The third-order valence-electron chi connectivity index (χ3n) is 3.72. The number of non-ortho nitro benzene ring substituents is 1. The van der Waals surface area contributed by atoms with Crippen LogP contribution < -0.4 is 0 Å². The molecule has 126 valence electrons. The summed E-state index contributed by atoms with van der Waals surface area (Å²) in [6.45, 7) is 2.88. The van der Waals surface area contributed by atoms with Gasteiger partial charge in [0.1, 0.15) is 4.90 Å². The number of benzene rings is 1. The van der Waals surface area contributed by atoms with E-state index in [0.29, 0.717) is 5.52 Å². The third-order valence-corrected chi connectivity index (χ3v) is 5.71. The Morgan fingerprint density at radius 3 is 2.67 bits per heavy atom. The average molecular weight is 351 g/mol. The molecule has 10 heteroatoms. The monoisotopic (exact) mass is 351 g/mol. The van der Waals surface area contributed by atoms with E-state index in [0.717, 1.165) is 0 Å². The number of aryl methyl sites for hydroxylation is 2. The number of H-pyrrole nitrogens is 1. The Balaban J connectivity index is 2.16. The Kier molecular flexibility index (Phi) is 3.65. The van der Waals surface area contributed by atoms with E-state index in [2.05, 4.69) is 10.1 Å². The van der Waals surface area contributed by atoms with Gasteiger partial charge in [0.2, 0.25) is 9.84 Å². The maximum absolute atomic E-state index is 12.7. The Morgan fingerprint density at radius 2 is 2.08 bits per heavy atom. The number of aromatic nitrogens is 2. The van der Waals surface area contributed by atoms with Crippen molar-refractivity contribution in [2.24, 2.45) is 0 Å². The third kappa shape index (κ3) is 2.36. The molecular formula is C14H13N3O6S. The van der Waals surface area contributed by atoms with Gasteiger partial charge in [-0.15, -0.1) is 0 Å². The van der Waals surface area contributed by atoms with Crippen molar-refractivity contribution in [2.75, 3.05) is 0 Å². The second kappa shape index (κ2) is 5.42. The second-order valence-corrected chi connectivity index (χ2v) is 7.23. The highest BCUT2D eigenvalue weighted by Gasteiger charge is 2.34. The number of fused-ring (bicyclic) bond motifs is 1. The molecule has 3 rings (SSSR count). The van der Waals surface area contributed by atoms with Crippen molar-refractivity contribution in [3.05, 3.63) is 51.5 Å². The summed E-state index contributed by atoms with van der Waals surface area (Å²) in [4.78, 5) is 12.9. The summed E-state index contributed by atoms with van der Waals surface area (Å²) in [7, 11) is -4.20. The molecule has 0 amide bonds. The molecule has 0 radical (unpaired) electrons. The van der Waals surface area contributed by atoms with E-state index in [1.54, 1.807) is 0 Å². The van der Waals surface area contributed by atoms with E-state index in [9.17, 15) is 23.6 Å². The van der Waals surface area contributed by atoms with E-state index in [4.69, 9.17) is 4.52 Å². The number of hydrogen-bond donors (Lipinski definition) is 2. The van der Waals surface area contributed by atoms with Crippen LogP contribution in [0.15, 0.2) is 33.8 Å². The highest BCUT2D eigenvalue weighted by molar-refractivity contribution is 7.91. The first-order valence-corrected chi connectivity index (χ1v) is 8.38. The number of nitrogens with one attached hydrogen (secondary N) is 1. The predicted octanol–water partition coefficient (Wildman–Crippen LogP) is 2.15. The summed E-state index contributed by atoms with van der Waals surface area (Å²) in [5.74, 6) is 0.0670. The Morgan fingerprint density at radius 1 is 1.38 bits per heavy atom. The van der Waals surface area contributed by atoms with Gasteiger partial charge in [-0.3, -0.25) is 10.1 Å². The van der Waals surface area contributed by atoms with Crippen molar-refractivity contribution in [2.45, 2.75) is 24.2 Å². The van der Waals surface area contributed by atoms with Crippen LogP contribution in [0.2, 0.25) is 0 Å². The van der Waals surface area contributed by atoms with E-state index < -0.39 is 20.2 Å². The molecule has 9 nitrogen and oxygen atoms in total. The molecule has 2 heterocycles. The van der Waals surface area contributed by atoms with E-state index >= 15 is 0 Å². The highest BCUT2D eigenvalue weighted by Crippen LogP contribution is 2.35. The van der Waals surface area contributed by atoms with Gasteiger partial charge in [0.15, 0.2) is 11.2 Å². The molecule has 0 aliphatic rings. The molecule has 2 aromatic heterocycles. The van der Waals surface area contributed by atoms with Gasteiger partial charge in [0, 0.05) is 34.8 Å². The van der Waals surface area contributed by atoms with Crippen LogP contribution in [0.5, 0.6) is 0 Å². The first kappa shape index (κ1) is 16.1. The summed E-state index contributed by atoms with van der Waals surface area (Å²) in [6, 6.07) is 3.96. The molecule has 0 aliphatic heterocycles. The Bertz CT molecular complexity index is 1030. The van der Waals surface area contributed by atoms with Crippen LogP contribution in [-0.2, 0) is 9.84 Å². The van der Waals surface area contributed by atoms with E-state index in [1.807, 2.05) is 0 Å². The average Bonchev–Trinajstić information content (AvgIpc) is 3.09. The number of rotatable bonds is 4. The molecule has 1 unspecified atom stereocenters. The normalized spacial score (nSPS) is 13.3. The molecule has 2 N–H and O–H groups in total. The van der Waals surface area contributed by atoms with Crippen LogP contribution in [0.4, 0.5) is 5.69 Å². The van der Waals surface area contributed by atoms with Crippen molar-refractivity contribution in [3.63, 3.8) is 0 Å². The maximum Gasteiger partial charge on any atom is 0.270 e. The molecule has 0 saturated carbocycles. The van der Waals surface area contributed by atoms with Crippen molar-refractivity contribution in [1.29, 1.82) is 0 Å². The molecule has 1 aromatic carbocycles. The van der Waals surface area contributed by atoms with Crippen LogP contribution in [-0.4, -0.2) is 28.6 Å². The lowest BCUT2D eigenvalue weighted by molar-refractivity contribution is -0.384. The summed E-state index contributed by atoms with van der Waals surface area (Å²) in [5.41, 5.74) is -1.48. The topological polar surface area (TPSA) is 139 Å². The van der Waals surface area contributed by atoms with E-state index in [1.165, 1.54) is 38.2 Å². The van der Waals surface area contributed by atoms with Crippen molar-refractivity contribution < 1.29 is 23.0 Å². The molecule has 0 fully saturated rings. The summed E-state index contributed by atoms with van der Waals surface area (Å²) >= 11 is 0. The maximum atomic E-state index is 12.7. The number of aliphatic hydroxyl groups excluding tert-OH is 1. The largest absolute Gasteiger partial charge is 0.373 e. The Labute approximate surface area is 136 Å². The lowest BCUT2D eigenvalue weighted by Gasteiger charge is -2.11. The zero-order valence-electron chi connectivity index (χ0n) is 12.7. The molecule has 0 saturated heterocycles. The number of hydrogen-bond acceptors (Lipinski definition) is 7. The van der Waals surface area contributed by atoms with Crippen molar-refractivity contribution >= 4 is 26.4 Å². The second-order valence-electron chi connectivity index (χ2n) is 5.28. The van der Waals surface area contributed by atoms with Crippen LogP contribution >= 0.6 is 0 Å². The van der Waals surface area contributed by atoms with Gasteiger partial charge < -0.3 is 14.6 Å². The van der Waals surface area contributed by atoms with Gasteiger partial charge in [-0.25, -0.2) is 8.42 Å². The molecular weight excluding hydrogens is 338 g/mol. The number of nitro benzene ring substituents is 1. The predicted molar refractivity (Wildman–Crippen MR) is 83.1 cm³/mol. The first-order valence-electron chi connectivity index (χ1n) is 6.83. The molecule has 3 aromatic rings. The van der Waals surface area contributed by atoms with Gasteiger partial charge in [0.25, 0.3) is 5.69 Å². The van der Waals surface area contributed by atoms with Crippen LogP contribution in [0, 0.1) is 24.0 Å². The highest BCUT2D eigenvalue weighted by atomic mass is 32.2. The summed E-state index contributed by atoms with van der Waals surface area (Å²) in [5, 5.41) is 25.2. The number of aromatic amines is 1. The summed E-state index contributed by atoms with van der Waals surface area (Å²) < 4.78 is 30.2. The zero-order valence-corrected chi connectivity index (χ0v) is 13.5. The van der Waals surface area contributed by atoms with Gasteiger partial charge in [-0.2, -0.15) is 0 Å². The van der Waals surface area contributed by atoms with Crippen molar-refractivity contribution in [3.8, 4) is 0 Å². The van der Waals surface area contributed by atoms with E-state index in [-0.39, 0.29) is 33.0 Å². The quantitative estimate of drug-likeness (QED) is 0.542. The first-order chi connectivity index (χ1) is 11.2. The molecule has 0 aliphatic carbocycles. The molecule has 24 heavy (non-hydrogen) atoms. The van der Waals surface area contributed by atoms with Gasteiger partial charge in [0.05, 0.1) is 10.6 Å². The fraction of sp³-hybridized carbons (Fsp3) is 0.214.